The number of carbonyl (C=O) groups is 5. The average Bonchev–Trinajstić information content (AvgIpc) is 0.734. The molecular weight excluding hydrogens is 1240 g/mol. The maximum Gasteiger partial charge on any atom is 0.306 e. The lowest BCUT2D eigenvalue weighted by molar-refractivity contribution is -0.334. The normalized spacial score (nSPS) is 36.4. The molecule has 2 aromatic rings. The fourth-order valence-electron chi connectivity index (χ4n) is 14.0. The second-order valence-corrected chi connectivity index (χ2v) is 26.4. The number of hydrogen-bond donors (Lipinski definition) is 7. The Bertz CT molecular complexity index is 2890. The van der Waals surface area contributed by atoms with E-state index in [0.29, 0.717) is 6.42 Å². The Morgan fingerprint density at radius 1 is 0.681 bits per heavy atom. The van der Waals surface area contributed by atoms with Crippen molar-refractivity contribution in [3.63, 3.8) is 0 Å². The number of fused-ring (bicyclic) bond motifs is 2. The number of methoxy groups -OCH3 is 2. The highest BCUT2D eigenvalue weighted by molar-refractivity contribution is 6.11. The third kappa shape index (κ3) is 17.7. The van der Waals surface area contributed by atoms with E-state index in [0.717, 1.165) is 38.5 Å². The quantitative estimate of drug-likeness (QED) is 0.0341. The molecule has 5 aliphatic heterocycles. The fourth-order valence-corrected chi connectivity index (χ4v) is 14.0. The van der Waals surface area contributed by atoms with Gasteiger partial charge in [-0.1, -0.05) is 45.4 Å². The van der Waals surface area contributed by atoms with Crippen LogP contribution < -0.4 is 4.74 Å². The number of Topliss-reactive ketones (excluding diaryl/α,β-unsaturated/α-hetero) is 2. The predicted molar refractivity (Wildman–Crippen MR) is 329 cm³/mol. The van der Waals surface area contributed by atoms with Gasteiger partial charge in [-0.3, -0.25) is 24.0 Å². The van der Waals surface area contributed by atoms with Crippen LogP contribution in [0.5, 0.6) is 17.2 Å². The van der Waals surface area contributed by atoms with E-state index in [1.807, 2.05) is 0 Å². The largest absolute Gasteiger partial charge is 0.507 e. The van der Waals surface area contributed by atoms with E-state index in [-0.39, 0.29) is 78.2 Å². The molecule has 2 aromatic carbocycles. The summed E-state index contributed by atoms with van der Waals surface area (Å²) in [5.41, 5.74) is -1.54. The SMILES string of the molecule is CCCCCCCCCC(=O)O[C@H](C)[C@H](O)C(=O)[C@@H](OC)[C@@H]1Cc2cc3cc(O[C@H]4C[C@@H](O[C@H]5C[C@@H](O)[C@@H](OC)C(C)O5)[C@@H](OC(C)=O)C(C)O4)c(C)c(O)c3c(O)c2C(=O)[C@H]1O[C@H]1C[C@@H](O[C@H]2C[C@@H](O[C@H]3C[C@@](C)(O)[C@@H](OC(C)=O)C(C)O3)[C@H](O)C(C)O2)[C@H](O)C(C)O1. The summed E-state index contributed by atoms with van der Waals surface area (Å²) in [5, 5.41) is 81.3. The van der Waals surface area contributed by atoms with Crippen molar-refractivity contribution in [2.45, 2.75) is 313 Å². The fraction of sp³-hybridized carbons (Fsp3) is 0.776. The first-order valence-electron chi connectivity index (χ1n) is 33.1. The van der Waals surface area contributed by atoms with E-state index in [1.165, 1.54) is 61.0 Å². The van der Waals surface area contributed by atoms with Crippen molar-refractivity contribution in [1.29, 1.82) is 0 Å². The standard InChI is InChI=1S/C67H100O27/c1-14-15-16-17-18-19-20-21-47(71)82-33(5)58(75)61(78)64(81-13)41-23-39-22-40-24-43(90-50-28-46(63(35(7)86-50)88-37(9)68)93-48-25-42(70)62(80-12)34(6)85-48)30(2)55(72)53(40)59(76)54(39)60(77)65(41)94-51-27-44(56(73)32(4)84-51)91-49-26-45(57(74)31(3)83-49)92-52-29-67(11,79)66(36(8)87-52)89-38(10)69/h22,24,31-36,41-42,44-46,48-52,56-58,62-66,70,72-76,79H,14-21,23,25-29H2,1-13H3/t31?,32?,33-,34?,35?,36?,41+,42-,44-,45-,46-,48+,49+,50+,51+,52+,56-,57-,58+,62+,63+,64+,65+,66+,67-/m1/s1. The first-order valence-corrected chi connectivity index (χ1v) is 33.1. The van der Waals surface area contributed by atoms with Crippen molar-refractivity contribution >= 4 is 40.2 Å². The molecule has 5 saturated heterocycles. The molecule has 5 fully saturated rings. The highest BCUT2D eigenvalue weighted by Gasteiger charge is 2.53. The molecular formula is C67H100O27. The first kappa shape index (κ1) is 75.0. The first-order chi connectivity index (χ1) is 44.4. The van der Waals surface area contributed by atoms with Crippen LogP contribution in [0.1, 0.15) is 174 Å². The Kier molecular flexibility index (Phi) is 26.1. The summed E-state index contributed by atoms with van der Waals surface area (Å²) in [5.74, 6) is -5.99. The molecule has 0 amide bonds. The van der Waals surface area contributed by atoms with Gasteiger partial charge in [-0.25, -0.2) is 0 Å². The van der Waals surface area contributed by atoms with Crippen LogP contribution in [0.4, 0.5) is 0 Å². The Labute approximate surface area is 548 Å². The molecule has 7 N–H and O–H groups in total. The van der Waals surface area contributed by atoms with Gasteiger partial charge in [-0.2, -0.15) is 0 Å². The lowest BCUT2D eigenvalue weighted by Crippen LogP contribution is -2.59. The maximum atomic E-state index is 15.5. The van der Waals surface area contributed by atoms with Gasteiger partial charge in [0.05, 0.1) is 59.8 Å². The number of phenols is 2. The van der Waals surface area contributed by atoms with Crippen molar-refractivity contribution in [2.75, 3.05) is 14.2 Å². The van der Waals surface area contributed by atoms with E-state index < -0.39 is 194 Å². The van der Waals surface area contributed by atoms with Crippen LogP contribution in [-0.2, 0) is 91.9 Å². The van der Waals surface area contributed by atoms with Crippen molar-refractivity contribution in [2.24, 2.45) is 5.92 Å². The summed E-state index contributed by atoms with van der Waals surface area (Å²) in [6.07, 6.45) is -19.4. The van der Waals surface area contributed by atoms with E-state index in [2.05, 4.69) is 6.92 Å². The van der Waals surface area contributed by atoms with E-state index >= 15 is 4.79 Å². The number of ether oxygens (including phenoxy) is 15. The summed E-state index contributed by atoms with van der Waals surface area (Å²) >= 11 is 0. The number of phenolic OH excluding ortho intramolecular Hbond substituents is 2. The zero-order valence-electron chi connectivity index (χ0n) is 56.2. The monoisotopic (exact) mass is 1340 g/mol. The molecule has 6 aliphatic rings. The molecule has 0 bridgehead atoms. The number of benzene rings is 2. The van der Waals surface area contributed by atoms with Gasteiger partial charge in [0.25, 0.3) is 0 Å². The van der Waals surface area contributed by atoms with Gasteiger partial charge in [-0.05, 0) is 91.3 Å². The number of aromatic hydroxyl groups is 2. The van der Waals surface area contributed by atoms with Gasteiger partial charge in [0.2, 0.25) is 6.29 Å². The number of aliphatic hydroxyl groups is 5. The molecule has 5 unspecified atom stereocenters. The molecule has 25 atom stereocenters. The lowest BCUT2D eigenvalue weighted by atomic mass is 9.75. The van der Waals surface area contributed by atoms with Gasteiger partial charge < -0.3 is 107 Å². The minimum Gasteiger partial charge on any atom is -0.507 e. The van der Waals surface area contributed by atoms with Gasteiger partial charge in [0.1, 0.15) is 65.6 Å². The molecule has 0 spiro atoms. The van der Waals surface area contributed by atoms with E-state index in [4.69, 9.17) is 71.1 Å². The molecule has 8 rings (SSSR count). The van der Waals surface area contributed by atoms with Crippen molar-refractivity contribution in [3.05, 3.63) is 28.8 Å². The zero-order chi connectivity index (χ0) is 68.8. The van der Waals surface area contributed by atoms with Crippen LogP contribution in [0.3, 0.4) is 0 Å². The van der Waals surface area contributed by atoms with E-state index in [1.54, 1.807) is 34.6 Å². The number of aliphatic hydroxyl groups excluding tert-OH is 4. The van der Waals surface area contributed by atoms with Gasteiger partial charge in [0.15, 0.2) is 55.0 Å². The molecule has 530 valence electrons. The summed E-state index contributed by atoms with van der Waals surface area (Å²) in [7, 11) is 2.67. The van der Waals surface area contributed by atoms with Gasteiger partial charge >= 0.3 is 17.9 Å². The second-order valence-electron chi connectivity index (χ2n) is 26.4. The number of esters is 3. The van der Waals surface area contributed by atoms with Crippen LogP contribution in [-0.4, -0.2) is 226 Å². The van der Waals surface area contributed by atoms with Crippen LogP contribution in [0, 0.1) is 12.8 Å². The molecule has 5 heterocycles. The maximum absolute atomic E-state index is 15.5. The number of carbonyl (C=O) groups excluding carboxylic acids is 5. The smallest absolute Gasteiger partial charge is 0.306 e. The van der Waals surface area contributed by atoms with E-state index in [9.17, 15) is 54.9 Å². The number of hydrogen-bond acceptors (Lipinski definition) is 27. The van der Waals surface area contributed by atoms with Crippen molar-refractivity contribution in [1.82, 2.24) is 0 Å². The zero-order valence-corrected chi connectivity index (χ0v) is 56.2. The molecule has 0 saturated carbocycles. The average molecular weight is 1340 g/mol. The summed E-state index contributed by atoms with van der Waals surface area (Å²) < 4.78 is 90.7. The predicted octanol–water partition coefficient (Wildman–Crippen LogP) is 5.24. The summed E-state index contributed by atoms with van der Waals surface area (Å²) in [6.45, 7) is 17.1. The van der Waals surface area contributed by atoms with Crippen LogP contribution in [0.25, 0.3) is 10.8 Å². The Morgan fingerprint density at radius 2 is 1.22 bits per heavy atom. The third-order valence-corrected chi connectivity index (χ3v) is 18.9. The molecule has 27 nitrogen and oxygen atoms in total. The second kappa shape index (κ2) is 32.7. The minimum absolute atomic E-state index is 0.0345. The number of rotatable bonds is 27. The number of unbranched alkanes of at least 4 members (excludes halogenated alkanes) is 6. The summed E-state index contributed by atoms with van der Waals surface area (Å²) in [6, 6.07) is 3.06. The lowest BCUT2D eigenvalue weighted by Gasteiger charge is -2.46. The molecule has 94 heavy (non-hydrogen) atoms. The van der Waals surface area contributed by atoms with Gasteiger partial charge in [0, 0.05) is 78.1 Å². The topological polar surface area (TPSA) is 365 Å². The Morgan fingerprint density at radius 3 is 1.82 bits per heavy atom. The molecule has 0 radical (unpaired) electrons. The van der Waals surface area contributed by atoms with Crippen molar-refractivity contribution in [3.8, 4) is 17.2 Å². The Hall–Kier alpha value is -4.79. The highest BCUT2D eigenvalue weighted by Crippen LogP contribution is 2.48. The van der Waals surface area contributed by atoms with Crippen LogP contribution in [0.15, 0.2) is 12.1 Å². The molecule has 0 aromatic heterocycles. The third-order valence-electron chi connectivity index (χ3n) is 18.9. The Balaban J connectivity index is 1.06. The van der Waals surface area contributed by atoms with Crippen molar-refractivity contribution < 1.29 is 131 Å². The molecule has 27 heteroatoms. The van der Waals surface area contributed by atoms with Crippen LogP contribution in [0.2, 0.25) is 0 Å². The summed E-state index contributed by atoms with van der Waals surface area (Å²) in [4.78, 5) is 67.5. The number of ketones is 2. The van der Waals surface area contributed by atoms with Crippen LogP contribution >= 0.6 is 0 Å². The molecule has 1 aliphatic carbocycles. The minimum atomic E-state index is -1.96. The highest BCUT2D eigenvalue weighted by atomic mass is 16.7. The van der Waals surface area contributed by atoms with Gasteiger partial charge in [-0.15, -0.1) is 0 Å².